The monoisotopic (exact) mass is 516 g/mol. The van der Waals surface area contributed by atoms with Crippen LogP contribution in [0.25, 0.3) is 11.1 Å². The molecule has 0 heterocycles. The van der Waals surface area contributed by atoms with Crippen LogP contribution in [0, 0.1) is 40.8 Å². The second kappa shape index (κ2) is 10.5. The fraction of sp³-hybridized carbons (Fsp3) is 0.333. The Bertz CT molecular complexity index is 1200. The molecule has 0 bridgehead atoms. The van der Waals surface area contributed by atoms with Crippen LogP contribution in [0.4, 0.5) is 35.1 Å². The molecule has 0 amide bonds. The Balaban J connectivity index is 0.00000361. The highest BCUT2D eigenvalue weighted by molar-refractivity contribution is 5.65. The van der Waals surface area contributed by atoms with Crippen LogP contribution < -0.4 is 4.74 Å². The number of rotatable bonds is 5. The molecule has 1 nitrogen and oxygen atoms in total. The van der Waals surface area contributed by atoms with Crippen molar-refractivity contribution in [3.8, 4) is 16.9 Å². The second-order valence-electron chi connectivity index (χ2n) is 8.83. The Morgan fingerprint density at radius 2 is 1.28 bits per heavy atom. The molecule has 0 saturated heterocycles. The third kappa shape index (κ3) is 5.50. The highest BCUT2D eigenvalue weighted by Gasteiger charge is 2.41. The summed E-state index contributed by atoms with van der Waals surface area (Å²) in [6, 6.07) is 5.53. The largest absolute Gasteiger partial charge is 0.432 e. The lowest BCUT2D eigenvalue weighted by atomic mass is 9.79. The second-order valence-corrected chi connectivity index (χ2v) is 8.83. The fourth-order valence-electron chi connectivity index (χ4n) is 4.41. The van der Waals surface area contributed by atoms with Gasteiger partial charge < -0.3 is 4.74 Å². The quantitative estimate of drug-likeness (QED) is 0.243. The predicted octanol–water partition coefficient (Wildman–Crippen LogP) is 9.25. The molecular weight excluding hydrogens is 492 g/mol. The van der Waals surface area contributed by atoms with Crippen LogP contribution in [-0.4, -0.2) is 0 Å². The number of ether oxygens (including phenoxy) is 1. The molecule has 0 atom stereocenters. The molecule has 0 aliphatic heterocycles. The van der Waals surface area contributed by atoms with Gasteiger partial charge in [-0.25, -0.2) is 26.3 Å². The number of halogens is 8. The van der Waals surface area contributed by atoms with Gasteiger partial charge in [0, 0.05) is 17.7 Å². The van der Waals surface area contributed by atoms with Crippen molar-refractivity contribution < 1.29 is 39.9 Å². The van der Waals surface area contributed by atoms with Crippen LogP contribution in [0.15, 0.2) is 42.5 Å². The normalized spacial score (nSPS) is 18.0. The summed E-state index contributed by atoms with van der Waals surface area (Å²) >= 11 is 0. The van der Waals surface area contributed by atoms with E-state index in [1.165, 1.54) is 12.1 Å². The first kappa shape index (κ1) is 27.5. The lowest BCUT2D eigenvalue weighted by Crippen LogP contribution is -2.25. The molecule has 0 radical (unpaired) electrons. The van der Waals surface area contributed by atoms with E-state index in [0.717, 1.165) is 31.2 Å². The Kier molecular flexibility index (Phi) is 8.00. The van der Waals surface area contributed by atoms with Crippen LogP contribution in [0.5, 0.6) is 5.75 Å². The highest BCUT2D eigenvalue weighted by atomic mass is 19.3. The zero-order valence-electron chi connectivity index (χ0n) is 18.5. The van der Waals surface area contributed by atoms with Gasteiger partial charge in [-0.2, -0.15) is 8.78 Å². The first-order valence-corrected chi connectivity index (χ1v) is 11.0. The van der Waals surface area contributed by atoms with Gasteiger partial charge in [-0.1, -0.05) is 39.3 Å². The van der Waals surface area contributed by atoms with E-state index in [4.69, 9.17) is 0 Å². The average Bonchev–Trinajstić information content (AvgIpc) is 2.76. The maximum absolute atomic E-state index is 14.8. The van der Waals surface area contributed by atoms with Crippen LogP contribution in [0.3, 0.4) is 0 Å². The zero-order valence-corrected chi connectivity index (χ0v) is 18.5. The van der Waals surface area contributed by atoms with Crippen LogP contribution >= 0.6 is 0 Å². The molecule has 0 aromatic heterocycles. The molecule has 4 rings (SSSR count). The summed E-state index contributed by atoms with van der Waals surface area (Å²) in [5, 5.41) is 0. The van der Waals surface area contributed by atoms with Crippen LogP contribution in [-0.2, 0) is 6.11 Å². The summed E-state index contributed by atoms with van der Waals surface area (Å²) in [5.41, 5.74) is -1.59. The summed E-state index contributed by atoms with van der Waals surface area (Å²) in [5.74, 6) is -10.3. The van der Waals surface area contributed by atoms with Gasteiger partial charge >= 0.3 is 6.11 Å². The smallest absolute Gasteiger partial charge is 0.429 e. The van der Waals surface area contributed by atoms with E-state index in [1.54, 1.807) is 6.07 Å². The van der Waals surface area contributed by atoms with E-state index in [1.807, 2.05) is 0 Å². The standard InChI is InChI=1S/C26H20F8O.CH4/c1-13-2-4-14(5-3-13)15-6-7-18(19(27)8-15)16-9-20(28)24(21(29)10-16)26(33,34)35-17-11-22(30)25(32)23(31)12-17;/h6-14H,2-5H2,1H3;1H4. The molecule has 1 saturated carbocycles. The van der Waals surface area contributed by atoms with Gasteiger partial charge in [0.15, 0.2) is 17.5 Å². The lowest BCUT2D eigenvalue weighted by molar-refractivity contribution is -0.189. The minimum atomic E-state index is -4.72. The number of benzene rings is 3. The van der Waals surface area contributed by atoms with Crippen molar-refractivity contribution in [2.75, 3.05) is 0 Å². The summed E-state index contributed by atoms with van der Waals surface area (Å²) < 4.78 is 117. The predicted molar refractivity (Wildman–Crippen MR) is 120 cm³/mol. The van der Waals surface area contributed by atoms with Crippen molar-refractivity contribution in [3.63, 3.8) is 0 Å². The topological polar surface area (TPSA) is 9.23 Å². The maximum atomic E-state index is 14.8. The van der Waals surface area contributed by atoms with Gasteiger partial charge in [0.2, 0.25) is 0 Å². The molecule has 3 aromatic rings. The molecule has 194 valence electrons. The van der Waals surface area contributed by atoms with E-state index >= 15 is 0 Å². The SMILES string of the molecule is C.CC1CCC(c2ccc(-c3cc(F)c(C(F)(F)Oc4cc(F)c(F)c(F)c4)c(F)c3)c(F)c2)CC1. The molecule has 0 spiro atoms. The minimum absolute atomic E-state index is 0. The van der Waals surface area contributed by atoms with E-state index in [2.05, 4.69) is 11.7 Å². The summed E-state index contributed by atoms with van der Waals surface area (Å²) in [7, 11) is 0. The molecule has 0 unspecified atom stereocenters. The number of alkyl halides is 2. The van der Waals surface area contributed by atoms with Crippen molar-refractivity contribution in [1.29, 1.82) is 0 Å². The van der Waals surface area contributed by atoms with Crippen molar-refractivity contribution in [3.05, 3.63) is 88.5 Å². The van der Waals surface area contributed by atoms with Gasteiger partial charge in [0.1, 0.15) is 28.8 Å². The Hall–Kier alpha value is -3.10. The van der Waals surface area contributed by atoms with Gasteiger partial charge in [-0.05, 0) is 54.0 Å². The minimum Gasteiger partial charge on any atom is -0.429 e. The van der Waals surface area contributed by atoms with Gasteiger partial charge in [-0.3, -0.25) is 0 Å². The van der Waals surface area contributed by atoms with Gasteiger partial charge in [0.05, 0.1) is 0 Å². The molecule has 1 fully saturated rings. The summed E-state index contributed by atoms with van der Waals surface area (Å²) in [6.07, 6.45) is -0.896. The van der Waals surface area contributed by atoms with Gasteiger partial charge in [-0.15, -0.1) is 0 Å². The van der Waals surface area contributed by atoms with Crippen LogP contribution in [0.2, 0.25) is 0 Å². The molecular formula is C27H24F8O. The highest BCUT2D eigenvalue weighted by Crippen LogP contribution is 2.40. The Labute approximate surface area is 203 Å². The van der Waals surface area contributed by atoms with Crippen LogP contribution in [0.1, 0.15) is 57.1 Å². The number of hydrogen-bond acceptors (Lipinski definition) is 1. The fourth-order valence-corrected chi connectivity index (χ4v) is 4.41. The molecule has 9 heteroatoms. The molecule has 1 aliphatic carbocycles. The molecule has 36 heavy (non-hydrogen) atoms. The first-order valence-electron chi connectivity index (χ1n) is 11.0. The summed E-state index contributed by atoms with van der Waals surface area (Å²) in [4.78, 5) is 0. The third-order valence-corrected chi connectivity index (χ3v) is 6.33. The average molecular weight is 516 g/mol. The Morgan fingerprint density at radius 1 is 0.722 bits per heavy atom. The van der Waals surface area contributed by atoms with Crippen molar-refractivity contribution in [2.45, 2.75) is 52.1 Å². The molecule has 3 aromatic carbocycles. The number of hydrogen-bond donors (Lipinski definition) is 0. The van der Waals surface area contributed by atoms with E-state index in [-0.39, 0.29) is 36.6 Å². The molecule has 1 aliphatic rings. The zero-order chi connectivity index (χ0) is 25.5. The van der Waals surface area contributed by atoms with Crippen molar-refractivity contribution in [1.82, 2.24) is 0 Å². The van der Waals surface area contributed by atoms with Crippen molar-refractivity contribution in [2.24, 2.45) is 5.92 Å². The van der Waals surface area contributed by atoms with Gasteiger partial charge in [0.25, 0.3) is 0 Å². The van der Waals surface area contributed by atoms with E-state index in [0.29, 0.717) is 18.1 Å². The third-order valence-electron chi connectivity index (χ3n) is 6.33. The Morgan fingerprint density at radius 3 is 1.81 bits per heavy atom. The summed E-state index contributed by atoms with van der Waals surface area (Å²) in [6.45, 7) is 2.15. The first-order chi connectivity index (χ1) is 16.5. The van der Waals surface area contributed by atoms with E-state index < -0.39 is 52.3 Å². The van der Waals surface area contributed by atoms with E-state index in [9.17, 15) is 35.1 Å². The van der Waals surface area contributed by atoms with Crippen molar-refractivity contribution >= 4 is 0 Å². The molecule has 0 N–H and O–H groups in total. The maximum Gasteiger partial charge on any atom is 0.432 e. The lowest BCUT2D eigenvalue weighted by Gasteiger charge is -2.26.